The monoisotopic (exact) mass is 316 g/mol. The maximum absolute atomic E-state index is 11.9. The second-order valence-corrected chi connectivity index (χ2v) is 5.27. The fraction of sp³-hybridized carbons (Fsp3) is 0.412. The molecule has 2 N–H and O–H groups in total. The van der Waals surface area contributed by atoms with Gasteiger partial charge in [0.2, 0.25) is 5.91 Å². The van der Waals surface area contributed by atoms with Gasteiger partial charge in [-0.05, 0) is 45.0 Å². The first-order chi connectivity index (χ1) is 11.1. The van der Waals surface area contributed by atoms with Gasteiger partial charge in [0.15, 0.2) is 5.82 Å². The van der Waals surface area contributed by atoms with Crippen LogP contribution in [-0.2, 0) is 4.79 Å². The van der Waals surface area contributed by atoms with Crippen molar-refractivity contribution < 1.29 is 9.32 Å². The summed E-state index contributed by atoms with van der Waals surface area (Å²) >= 11 is 0. The highest BCUT2D eigenvalue weighted by Crippen LogP contribution is 2.17. The molecule has 0 bridgehead atoms. The van der Waals surface area contributed by atoms with Crippen LogP contribution in [0.15, 0.2) is 34.9 Å². The van der Waals surface area contributed by atoms with Crippen LogP contribution >= 0.6 is 0 Å². The van der Waals surface area contributed by atoms with Gasteiger partial charge in [-0.25, -0.2) is 0 Å². The second-order valence-electron chi connectivity index (χ2n) is 5.27. The summed E-state index contributed by atoms with van der Waals surface area (Å²) in [6.07, 6.45) is 0.365. The lowest BCUT2D eigenvalue weighted by Gasteiger charge is -2.21. The summed E-state index contributed by atoms with van der Waals surface area (Å²) in [4.78, 5) is 14.2. The van der Waals surface area contributed by atoms with Crippen LogP contribution in [0.2, 0.25) is 0 Å². The van der Waals surface area contributed by atoms with Crippen LogP contribution in [0.25, 0.3) is 0 Å². The molecule has 1 heterocycles. The number of hydrogen-bond acceptors (Lipinski definition) is 5. The number of aromatic nitrogens is 1. The lowest BCUT2D eigenvalue weighted by molar-refractivity contribution is -0.115. The molecule has 0 aliphatic carbocycles. The van der Waals surface area contributed by atoms with Crippen LogP contribution in [0.1, 0.15) is 26.0 Å². The molecule has 6 nitrogen and oxygen atoms in total. The van der Waals surface area contributed by atoms with Gasteiger partial charge in [-0.1, -0.05) is 5.16 Å². The third-order valence-electron chi connectivity index (χ3n) is 3.57. The summed E-state index contributed by atoms with van der Waals surface area (Å²) < 4.78 is 4.95. The lowest BCUT2D eigenvalue weighted by atomic mass is 10.2. The SMILES string of the molecule is CCN(CC)c1ccc(NC(=O)CCNc2cc(C)on2)cc1. The first-order valence-corrected chi connectivity index (χ1v) is 7.94. The van der Waals surface area contributed by atoms with Crippen molar-refractivity contribution in [3.63, 3.8) is 0 Å². The normalized spacial score (nSPS) is 10.4. The minimum atomic E-state index is -0.0340. The van der Waals surface area contributed by atoms with E-state index in [2.05, 4.69) is 34.5 Å². The number of carbonyl (C=O) groups excluding carboxylic acids is 1. The van der Waals surface area contributed by atoms with Gasteiger partial charge < -0.3 is 20.1 Å². The van der Waals surface area contributed by atoms with Crippen molar-refractivity contribution in [1.82, 2.24) is 5.16 Å². The molecule has 1 amide bonds. The largest absolute Gasteiger partial charge is 0.372 e. The van der Waals surface area contributed by atoms with Gasteiger partial charge in [-0.15, -0.1) is 0 Å². The highest BCUT2D eigenvalue weighted by atomic mass is 16.5. The van der Waals surface area contributed by atoms with Crippen molar-refractivity contribution >= 4 is 23.1 Å². The Morgan fingerprint density at radius 2 is 1.91 bits per heavy atom. The number of rotatable bonds is 8. The molecule has 0 saturated carbocycles. The van der Waals surface area contributed by atoms with E-state index in [1.165, 1.54) is 0 Å². The molecular weight excluding hydrogens is 292 g/mol. The number of aryl methyl sites for hydroxylation is 1. The molecule has 0 aliphatic heterocycles. The minimum absolute atomic E-state index is 0.0340. The predicted octanol–water partition coefficient (Wildman–Crippen LogP) is 3.27. The van der Waals surface area contributed by atoms with Gasteiger partial charge in [-0.3, -0.25) is 4.79 Å². The Morgan fingerprint density at radius 3 is 2.48 bits per heavy atom. The number of hydrogen-bond donors (Lipinski definition) is 2. The first kappa shape index (κ1) is 16.9. The maximum Gasteiger partial charge on any atom is 0.226 e. The van der Waals surface area contributed by atoms with Crippen LogP contribution in [0.3, 0.4) is 0 Å². The van der Waals surface area contributed by atoms with Gasteiger partial charge in [0.05, 0.1) is 0 Å². The van der Waals surface area contributed by atoms with E-state index < -0.39 is 0 Å². The Labute approximate surface area is 136 Å². The fourth-order valence-corrected chi connectivity index (χ4v) is 2.32. The first-order valence-electron chi connectivity index (χ1n) is 7.94. The van der Waals surface area contributed by atoms with Crippen molar-refractivity contribution in [2.75, 3.05) is 35.2 Å². The average Bonchev–Trinajstić information content (AvgIpc) is 2.95. The number of nitrogens with zero attached hydrogens (tertiary/aromatic N) is 2. The molecule has 2 aromatic rings. The van der Waals surface area contributed by atoms with Crippen molar-refractivity contribution in [2.45, 2.75) is 27.2 Å². The van der Waals surface area contributed by atoms with Crippen LogP contribution in [0.5, 0.6) is 0 Å². The third-order valence-corrected chi connectivity index (χ3v) is 3.57. The standard InChI is InChI=1S/C17H24N4O2/c1-4-21(5-2)15-8-6-14(7-9-15)19-17(22)10-11-18-16-12-13(3)23-20-16/h6-9,12H,4-5,10-11H2,1-3H3,(H,18,20)(H,19,22). The van der Waals surface area contributed by atoms with Gasteiger partial charge in [0, 0.05) is 43.5 Å². The third kappa shape index (κ3) is 5.02. The molecule has 0 saturated heterocycles. The average molecular weight is 316 g/mol. The summed E-state index contributed by atoms with van der Waals surface area (Å²) in [6.45, 7) is 8.53. The Morgan fingerprint density at radius 1 is 1.22 bits per heavy atom. The lowest BCUT2D eigenvalue weighted by Crippen LogP contribution is -2.21. The molecule has 0 unspecified atom stereocenters. The number of benzene rings is 1. The highest BCUT2D eigenvalue weighted by Gasteiger charge is 2.05. The number of anilines is 3. The summed E-state index contributed by atoms with van der Waals surface area (Å²) in [5, 5.41) is 9.76. The summed E-state index contributed by atoms with van der Waals surface area (Å²) in [5.74, 6) is 1.36. The van der Waals surface area contributed by atoms with E-state index in [0.29, 0.717) is 18.8 Å². The minimum Gasteiger partial charge on any atom is -0.372 e. The molecule has 1 aromatic heterocycles. The van der Waals surface area contributed by atoms with E-state index in [4.69, 9.17) is 4.52 Å². The molecule has 0 spiro atoms. The quantitative estimate of drug-likeness (QED) is 0.782. The molecule has 1 aromatic carbocycles. The molecule has 0 radical (unpaired) electrons. The Bertz CT molecular complexity index is 618. The number of amides is 1. The molecule has 124 valence electrons. The van der Waals surface area contributed by atoms with Crippen LogP contribution in [0.4, 0.5) is 17.2 Å². The van der Waals surface area contributed by atoms with Gasteiger partial charge in [-0.2, -0.15) is 0 Å². The maximum atomic E-state index is 11.9. The van der Waals surface area contributed by atoms with E-state index in [1.54, 1.807) is 6.07 Å². The van der Waals surface area contributed by atoms with Crippen molar-refractivity contribution in [1.29, 1.82) is 0 Å². The summed E-state index contributed by atoms with van der Waals surface area (Å²) in [7, 11) is 0. The van der Waals surface area contributed by atoms with E-state index in [-0.39, 0.29) is 5.91 Å². The molecule has 23 heavy (non-hydrogen) atoms. The van der Waals surface area contributed by atoms with E-state index in [0.717, 1.165) is 30.2 Å². The van der Waals surface area contributed by atoms with Crippen molar-refractivity contribution in [2.24, 2.45) is 0 Å². The number of nitrogens with one attached hydrogen (secondary N) is 2. The van der Waals surface area contributed by atoms with Crippen LogP contribution in [-0.4, -0.2) is 30.7 Å². The zero-order valence-corrected chi connectivity index (χ0v) is 13.9. The van der Waals surface area contributed by atoms with Gasteiger partial charge in [0.1, 0.15) is 5.76 Å². The Balaban J connectivity index is 1.78. The van der Waals surface area contributed by atoms with Gasteiger partial charge >= 0.3 is 0 Å². The van der Waals surface area contributed by atoms with E-state index in [1.807, 2.05) is 31.2 Å². The topological polar surface area (TPSA) is 70.4 Å². The highest BCUT2D eigenvalue weighted by molar-refractivity contribution is 5.91. The summed E-state index contributed by atoms with van der Waals surface area (Å²) in [5.41, 5.74) is 1.97. The molecule has 0 fully saturated rings. The van der Waals surface area contributed by atoms with Crippen LogP contribution < -0.4 is 15.5 Å². The van der Waals surface area contributed by atoms with E-state index in [9.17, 15) is 4.79 Å². The second kappa shape index (κ2) is 8.22. The summed E-state index contributed by atoms with van der Waals surface area (Å²) in [6, 6.07) is 9.71. The molecule has 2 rings (SSSR count). The van der Waals surface area contributed by atoms with Crippen molar-refractivity contribution in [3.8, 4) is 0 Å². The molecule has 0 atom stereocenters. The zero-order chi connectivity index (χ0) is 16.7. The predicted molar refractivity (Wildman–Crippen MR) is 93.0 cm³/mol. The Hall–Kier alpha value is -2.50. The zero-order valence-electron chi connectivity index (χ0n) is 13.9. The van der Waals surface area contributed by atoms with Crippen molar-refractivity contribution in [3.05, 3.63) is 36.1 Å². The molecule has 6 heteroatoms. The fourth-order valence-electron chi connectivity index (χ4n) is 2.32. The molecular formula is C17H24N4O2. The number of carbonyl (C=O) groups is 1. The van der Waals surface area contributed by atoms with E-state index >= 15 is 0 Å². The molecule has 0 aliphatic rings. The Kier molecular flexibility index (Phi) is 6.02. The smallest absolute Gasteiger partial charge is 0.226 e. The van der Waals surface area contributed by atoms with Gasteiger partial charge in [0.25, 0.3) is 0 Å². The van der Waals surface area contributed by atoms with Crippen LogP contribution in [0, 0.1) is 6.92 Å².